The lowest BCUT2D eigenvalue weighted by molar-refractivity contribution is 0.283. The molecule has 1 saturated carbocycles. The molecule has 2 rings (SSSR count). The van der Waals surface area contributed by atoms with E-state index in [9.17, 15) is 4.39 Å². The molecule has 0 aliphatic heterocycles. The van der Waals surface area contributed by atoms with E-state index in [0.717, 1.165) is 12.8 Å². The molecule has 0 unspecified atom stereocenters. The summed E-state index contributed by atoms with van der Waals surface area (Å²) in [6, 6.07) is 3.25. The number of hydrogen-bond acceptors (Lipinski definition) is 3. The highest BCUT2D eigenvalue weighted by molar-refractivity contribution is 6.31. The van der Waals surface area contributed by atoms with Crippen LogP contribution in [0.1, 0.15) is 25.7 Å². The van der Waals surface area contributed by atoms with Crippen LogP contribution in [-0.2, 0) is 0 Å². The number of nitrogens with two attached hydrogens (primary N) is 1. The average Bonchev–Trinajstić information content (AvgIpc) is 2.27. The molecule has 3 nitrogen and oxygen atoms in total. The summed E-state index contributed by atoms with van der Waals surface area (Å²) in [6.07, 6.45) is 4.03. The molecule has 1 aliphatic carbocycles. The third-order valence-corrected chi connectivity index (χ3v) is 3.74. The third-order valence-electron chi connectivity index (χ3n) is 3.45. The predicted octanol–water partition coefficient (Wildman–Crippen LogP) is 2.80. The van der Waals surface area contributed by atoms with Gasteiger partial charge in [0.25, 0.3) is 0 Å². The molecule has 100 valence electrons. The van der Waals surface area contributed by atoms with Gasteiger partial charge in [-0.3, -0.25) is 0 Å². The van der Waals surface area contributed by atoms with Gasteiger partial charge in [0.2, 0.25) is 0 Å². The molecule has 1 aliphatic rings. The van der Waals surface area contributed by atoms with Crippen molar-refractivity contribution in [2.75, 3.05) is 23.8 Å². The standard InChI is InChI=1S/C13H18ClFN2O/c14-10-7-12(16)13(8-11(10)15)17(5-2-6-18)9-3-1-4-9/h7-9,18H,1-6,16H2. The van der Waals surface area contributed by atoms with Crippen LogP contribution in [0.5, 0.6) is 0 Å². The molecule has 1 aromatic carbocycles. The Labute approximate surface area is 111 Å². The number of hydrogen-bond donors (Lipinski definition) is 2. The van der Waals surface area contributed by atoms with E-state index in [1.165, 1.54) is 18.6 Å². The van der Waals surface area contributed by atoms with Crippen molar-refractivity contribution in [3.63, 3.8) is 0 Å². The fourth-order valence-electron chi connectivity index (χ4n) is 2.24. The first-order valence-electron chi connectivity index (χ1n) is 6.25. The van der Waals surface area contributed by atoms with Crippen molar-refractivity contribution in [2.45, 2.75) is 31.7 Å². The number of halogens is 2. The molecule has 0 amide bonds. The Morgan fingerprint density at radius 2 is 2.17 bits per heavy atom. The first kappa shape index (κ1) is 13.4. The van der Waals surface area contributed by atoms with Crippen molar-refractivity contribution >= 4 is 23.0 Å². The fraction of sp³-hybridized carbons (Fsp3) is 0.538. The lowest BCUT2D eigenvalue weighted by Crippen LogP contribution is -2.41. The van der Waals surface area contributed by atoms with Crippen LogP contribution in [0, 0.1) is 5.82 Å². The largest absolute Gasteiger partial charge is 0.397 e. The van der Waals surface area contributed by atoms with E-state index in [1.54, 1.807) is 0 Å². The molecule has 1 fully saturated rings. The van der Waals surface area contributed by atoms with Gasteiger partial charge in [0.15, 0.2) is 0 Å². The zero-order valence-corrected chi connectivity index (χ0v) is 11.0. The highest BCUT2D eigenvalue weighted by Gasteiger charge is 2.26. The van der Waals surface area contributed by atoms with Gasteiger partial charge < -0.3 is 15.7 Å². The molecule has 5 heteroatoms. The van der Waals surface area contributed by atoms with Gasteiger partial charge in [-0.05, 0) is 31.7 Å². The zero-order valence-electron chi connectivity index (χ0n) is 10.2. The monoisotopic (exact) mass is 272 g/mol. The number of benzene rings is 1. The molecule has 0 bridgehead atoms. The number of nitrogen functional groups attached to an aromatic ring is 1. The van der Waals surface area contributed by atoms with Crippen LogP contribution in [-0.4, -0.2) is 24.3 Å². The van der Waals surface area contributed by atoms with Gasteiger partial charge >= 0.3 is 0 Å². The first-order chi connectivity index (χ1) is 8.63. The van der Waals surface area contributed by atoms with Crippen LogP contribution in [0.4, 0.5) is 15.8 Å². The number of rotatable bonds is 5. The molecule has 1 aromatic rings. The first-order valence-corrected chi connectivity index (χ1v) is 6.63. The Morgan fingerprint density at radius 1 is 1.44 bits per heavy atom. The van der Waals surface area contributed by atoms with Crippen LogP contribution in [0.3, 0.4) is 0 Å². The van der Waals surface area contributed by atoms with Gasteiger partial charge in [0.1, 0.15) is 5.82 Å². The third kappa shape index (κ3) is 2.70. The maximum absolute atomic E-state index is 13.6. The van der Waals surface area contributed by atoms with E-state index in [2.05, 4.69) is 4.90 Å². The second-order valence-corrected chi connectivity index (χ2v) is 5.09. The Kier molecular flexibility index (Phi) is 4.30. The molecular formula is C13H18ClFN2O. The van der Waals surface area contributed by atoms with E-state index < -0.39 is 5.82 Å². The zero-order chi connectivity index (χ0) is 13.1. The Bertz CT molecular complexity index is 424. The summed E-state index contributed by atoms with van der Waals surface area (Å²) in [5.74, 6) is -0.450. The molecule has 3 N–H and O–H groups in total. The van der Waals surface area contributed by atoms with Crippen molar-refractivity contribution in [3.05, 3.63) is 23.0 Å². The maximum atomic E-state index is 13.6. The smallest absolute Gasteiger partial charge is 0.144 e. The minimum atomic E-state index is -0.450. The highest BCUT2D eigenvalue weighted by Crippen LogP contribution is 2.35. The van der Waals surface area contributed by atoms with Gasteiger partial charge in [-0.2, -0.15) is 0 Å². The molecule has 0 saturated heterocycles. The summed E-state index contributed by atoms with van der Waals surface area (Å²) in [6.45, 7) is 0.811. The quantitative estimate of drug-likeness (QED) is 0.811. The lowest BCUT2D eigenvalue weighted by Gasteiger charge is -2.40. The lowest BCUT2D eigenvalue weighted by atomic mass is 9.90. The van der Waals surface area contributed by atoms with Crippen molar-refractivity contribution in [3.8, 4) is 0 Å². The topological polar surface area (TPSA) is 49.5 Å². The molecule has 0 aromatic heterocycles. The fourth-order valence-corrected chi connectivity index (χ4v) is 2.41. The van der Waals surface area contributed by atoms with Gasteiger partial charge in [-0.25, -0.2) is 4.39 Å². The minimum Gasteiger partial charge on any atom is -0.397 e. The molecule has 0 heterocycles. The van der Waals surface area contributed by atoms with Gasteiger partial charge in [0, 0.05) is 25.3 Å². The number of aliphatic hydroxyl groups excluding tert-OH is 1. The van der Waals surface area contributed by atoms with Gasteiger partial charge in [-0.15, -0.1) is 0 Å². The molecule has 0 spiro atoms. The summed E-state index contributed by atoms with van der Waals surface area (Å²) in [5, 5.41) is 9.00. The van der Waals surface area contributed by atoms with Crippen LogP contribution in [0.15, 0.2) is 12.1 Å². The van der Waals surface area contributed by atoms with Crippen molar-refractivity contribution in [1.29, 1.82) is 0 Å². The van der Waals surface area contributed by atoms with Crippen LogP contribution in [0.2, 0.25) is 5.02 Å². The summed E-state index contributed by atoms with van der Waals surface area (Å²) in [4.78, 5) is 2.09. The average molecular weight is 273 g/mol. The second kappa shape index (κ2) is 5.76. The summed E-state index contributed by atoms with van der Waals surface area (Å²) < 4.78 is 13.6. The van der Waals surface area contributed by atoms with E-state index in [0.29, 0.717) is 30.4 Å². The van der Waals surface area contributed by atoms with Crippen molar-refractivity contribution in [1.82, 2.24) is 0 Å². The Hall–Kier alpha value is -1.00. The maximum Gasteiger partial charge on any atom is 0.144 e. The summed E-state index contributed by atoms with van der Waals surface area (Å²) >= 11 is 5.71. The van der Waals surface area contributed by atoms with Crippen LogP contribution in [0.25, 0.3) is 0 Å². The van der Waals surface area contributed by atoms with Crippen LogP contribution < -0.4 is 10.6 Å². The Morgan fingerprint density at radius 3 is 2.72 bits per heavy atom. The SMILES string of the molecule is Nc1cc(Cl)c(F)cc1N(CCCO)C1CCC1. The normalized spacial score (nSPS) is 15.5. The summed E-state index contributed by atoms with van der Waals surface area (Å²) in [5.41, 5.74) is 7.11. The van der Waals surface area contributed by atoms with Gasteiger partial charge in [-0.1, -0.05) is 11.6 Å². The Balaban J connectivity index is 2.25. The predicted molar refractivity (Wildman–Crippen MR) is 72.5 cm³/mol. The van der Waals surface area contributed by atoms with Crippen molar-refractivity contribution in [2.24, 2.45) is 0 Å². The molecule has 18 heavy (non-hydrogen) atoms. The molecule has 0 radical (unpaired) electrons. The minimum absolute atomic E-state index is 0.0481. The second-order valence-electron chi connectivity index (χ2n) is 4.68. The molecule has 0 atom stereocenters. The number of aliphatic hydroxyl groups is 1. The number of nitrogens with zero attached hydrogens (tertiary/aromatic N) is 1. The van der Waals surface area contributed by atoms with E-state index >= 15 is 0 Å². The number of anilines is 2. The summed E-state index contributed by atoms with van der Waals surface area (Å²) in [7, 11) is 0. The highest BCUT2D eigenvalue weighted by atomic mass is 35.5. The van der Waals surface area contributed by atoms with E-state index in [4.69, 9.17) is 22.4 Å². The molecular weight excluding hydrogens is 255 g/mol. The van der Waals surface area contributed by atoms with Crippen molar-refractivity contribution < 1.29 is 9.50 Å². The van der Waals surface area contributed by atoms with E-state index in [1.807, 2.05) is 0 Å². The van der Waals surface area contributed by atoms with Crippen LogP contribution >= 0.6 is 11.6 Å². The van der Waals surface area contributed by atoms with E-state index in [-0.39, 0.29) is 11.6 Å². The van der Waals surface area contributed by atoms with Gasteiger partial charge in [0.05, 0.1) is 16.4 Å².